The molecule has 3 aromatic rings. The number of carbonyl (C=O) groups is 2. The van der Waals surface area contributed by atoms with Crippen molar-refractivity contribution in [3.05, 3.63) is 88.4 Å². The molecular weight excluding hydrogens is 451 g/mol. The topological polar surface area (TPSA) is 59.1 Å². The minimum absolute atomic E-state index is 0.325. The molecule has 2 fully saturated rings. The second-order valence-electron chi connectivity index (χ2n) is 7.57. The van der Waals surface area contributed by atoms with Gasteiger partial charge in [0.05, 0.1) is 24.5 Å². The van der Waals surface area contributed by atoms with Crippen molar-refractivity contribution in [3.63, 3.8) is 0 Å². The smallest absolute Gasteiger partial charge is 0.266 e. The van der Waals surface area contributed by atoms with Gasteiger partial charge in [-0.3, -0.25) is 14.4 Å². The van der Waals surface area contributed by atoms with E-state index in [2.05, 4.69) is 0 Å². The Morgan fingerprint density at radius 2 is 1.56 bits per heavy atom. The number of carbonyl (C=O) groups excluding carboxylic acids is 2. The Bertz CT molecular complexity index is 1180. The second-order valence-corrected chi connectivity index (χ2v) is 8.45. The Labute approximate surface area is 194 Å². The molecule has 2 aliphatic heterocycles. The molecule has 5 rings (SSSR count). The van der Waals surface area contributed by atoms with Gasteiger partial charge in [0, 0.05) is 10.0 Å². The number of methoxy groups -OCH3 is 1. The molecule has 32 heavy (non-hydrogen) atoms. The number of hydrogen-bond acceptors (Lipinski definition) is 5. The van der Waals surface area contributed by atoms with Crippen LogP contribution >= 0.6 is 23.2 Å². The van der Waals surface area contributed by atoms with Gasteiger partial charge in [0.1, 0.15) is 11.7 Å². The van der Waals surface area contributed by atoms with Crippen LogP contribution in [0.3, 0.4) is 0 Å². The SMILES string of the molecule is COc1cccc([C@@H]2[C@@H]3C(=O)N(c4cc(Cl)cc(Cl)c4)C(=O)[C@H]3ON2c2ccccc2)c1. The summed E-state index contributed by atoms with van der Waals surface area (Å²) >= 11 is 12.2. The van der Waals surface area contributed by atoms with Gasteiger partial charge < -0.3 is 4.74 Å². The fourth-order valence-corrected chi connectivity index (χ4v) is 4.82. The summed E-state index contributed by atoms with van der Waals surface area (Å²) in [5, 5.41) is 2.31. The van der Waals surface area contributed by atoms with Crippen LogP contribution in [0.4, 0.5) is 11.4 Å². The molecular formula is C24H18Cl2N2O4. The Hall–Kier alpha value is -3.06. The lowest BCUT2D eigenvalue weighted by Crippen LogP contribution is -2.37. The number of anilines is 2. The maximum absolute atomic E-state index is 13.6. The average Bonchev–Trinajstić information content (AvgIpc) is 3.30. The monoisotopic (exact) mass is 468 g/mol. The van der Waals surface area contributed by atoms with Gasteiger partial charge in [0.2, 0.25) is 5.91 Å². The molecule has 2 amide bonds. The molecule has 3 aromatic carbocycles. The van der Waals surface area contributed by atoms with E-state index in [1.807, 2.05) is 54.6 Å². The van der Waals surface area contributed by atoms with E-state index in [0.717, 1.165) is 16.2 Å². The summed E-state index contributed by atoms with van der Waals surface area (Å²) in [6, 6.07) is 20.9. The number of ether oxygens (including phenoxy) is 1. The number of amides is 2. The van der Waals surface area contributed by atoms with Crippen molar-refractivity contribution >= 4 is 46.4 Å². The van der Waals surface area contributed by atoms with E-state index in [9.17, 15) is 9.59 Å². The number of para-hydroxylation sites is 1. The third-order valence-electron chi connectivity index (χ3n) is 5.67. The summed E-state index contributed by atoms with van der Waals surface area (Å²) in [4.78, 5) is 34.2. The first kappa shape index (κ1) is 20.8. The van der Waals surface area contributed by atoms with Gasteiger partial charge in [-0.25, -0.2) is 9.96 Å². The quantitative estimate of drug-likeness (QED) is 0.501. The number of rotatable bonds is 4. The van der Waals surface area contributed by atoms with Crippen LogP contribution in [0.25, 0.3) is 0 Å². The number of benzene rings is 3. The Morgan fingerprint density at radius 1 is 0.844 bits per heavy atom. The van der Waals surface area contributed by atoms with E-state index in [1.165, 1.54) is 0 Å². The molecule has 3 atom stereocenters. The zero-order valence-corrected chi connectivity index (χ0v) is 18.5. The predicted octanol–water partition coefficient (Wildman–Crippen LogP) is 5.05. The zero-order chi connectivity index (χ0) is 22.4. The van der Waals surface area contributed by atoms with E-state index in [4.69, 9.17) is 32.8 Å². The van der Waals surface area contributed by atoms with Crippen LogP contribution < -0.4 is 14.7 Å². The molecule has 8 heteroatoms. The molecule has 2 aliphatic rings. The lowest BCUT2D eigenvalue weighted by atomic mass is 9.90. The molecule has 0 aromatic heterocycles. The molecule has 2 saturated heterocycles. The first-order valence-electron chi connectivity index (χ1n) is 9.97. The molecule has 0 unspecified atom stereocenters. The van der Waals surface area contributed by atoms with Crippen molar-refractivity contribution in [1.82, 2.24) is 0 Å². The molecule has 6 nitrogen and oxygen atoms in total. The molecule has 0 bridgehead atoms. The highest BCUT2D eigenvalue weighted by Gasteiger charge is 2.60. The van der Waals surface area contributed by atoms with Gasteiger partial charge in [0.25, 0.3) is 5.91 Å². The standard InChI is InChI=1S/C24H18Cl2N2O4/c1-31-19-9-5-6-14(10-19)21-20-22(32-28(21)17-7-3-2-4-8-17)24(30)27(23(20)29)18-12-15(25)11-16(26)13-18/h2-13,20-22H,1H3/t20-,21+,22-/m0/s1. The highest BCUT2D eigenvalue weighted by atomic mass is 35.5. The first-order valence-corrected chi connectivity index (χ1v) is 10.7. The van der Waals surface area contributed by atoms with Crippen LogP contribution in [0.1, 0.15) is 11.6 Å². The maximum Gasteiger partial charge on any atom is 0.266 e. The normalized spacial score (nSPS) is 22.4. The van der Waals surface area contributed by atoms with Gasteiger partial charge >= 0.3 is 0 Å². The van der Waals surface area contributed by atoms with E-state index >= 15 is 0 Å². The van der Waals surface area contributed by atoms with Gasteiger partial charge in [0.15, 0.2) is 6.10 Å². The van der Waals surface area contributed by atoms with Crippen molar-refractivity contribution < 1.29 is 19.2 Å². The summed E-state index contributed by atoms with van der Waals surface area (Å²) in [6.07, 6.45) is -0.975. The molecule has 0 radical (unpaired) electrons. The van der Waals surface area contributed by atoms with Crippen LogP contribution in [0.15, 0.2) is 72.8 Å². The summed E-state index contributed by atoms with van der Waals surface area (Å²) in [5.41, 5.74) is 1.87. The Kier molecular flexibility index (Phi) is 5.29. The Balaban J connectivity index is 1.60. The van der Waals surface area contributed by atoms with E-state index < -0.39 is 24.0 Å². The molecule has 0 aliphatic carbocycles. The van der Waals surface area contributed by atoms with E-state index in [0.29, 0.717) is 21.5 Å². The van der Waals surface area contributed by atoms with Crippen molar-refractivity contribution in [2.45, 2.75) is 12.1 Å². The first-order chi connectivity index (χ1) is 15.5. The summed E-state index contributed by atoms with van der Waals surface area (Å²) < 4.78 is 5.38. The predicted molar refractivity (Wildman–Crippen MR) is 122 cm³/mol. The van der Waals surface area contributed by atoms with Crippen molar-refractivity contribution in [3.8, 4) is 5.75 Å². The third kappa shape index (κ3) is 3.41. The van der Waals surface area contributed by atoms with Crippen LogP contribution in [-0.4, -0.2) is 25.0 Å². The lowest BCUT2D eigenvalue weighted by molar-refractivity contribution is -0.126. The average molecular weight is 469 g/mol. The fourth-order valence-electron chi connectivity index (χ4n) is 4.30. The second kappa shape index (κ2) is 8.13. The molecule has 0 saturated carbocycles. The minimum atomic E-state index is -0.975. The van der Waals surface area contributed by atoms with E-state index in [-0.39, 0.29) is 5.91 Å². The number of halogens is 2. The van der Waals surface area contributed by atoms with Gasteiger partial charge in [-0.05, 0) is 48.0 Å². The number of hydrogen-bond donors (Lipinski definition) is 0. The van der Waals surface area contributed by atoms with E-state index in [1.54, 1.807) is 30.4 Å². The number of nitrogens with zero attached hydrogens (tertiary/aromatic N) is 2. The number of imide groups is 1. The van der Waals surface area contributed by atoms with Gasteiger partial charge in [-0.1, -0.05) is 53.5 Å². The third-order valence-corrected chi connectivity index (χ3v) is 6.10. The van der Waals surface area contributed by atoms with Crippen LogP contribution in [0.5, 0.6) is 5.75 Å². The number of hydroxylamine groups is 1. The highest BCUT2D eigenvalue weighted by Crippen LogP contribution is 2.48. The summed E-state index contributed by atoms with van der Waals surface area (Å²) in [5.74, 6) is -0.934. The lowest BCUT2D eigenvalue weighted by Gasteiger charge is -2.29. The number of fused-ring (bicyclic) bond motifs is 1. The maximum atomic E-state index is 13.6. The fraction of sp³-hybridized carbons (Fsp3) is 0.167. The van der Waals surface area contributed by atoms with Crippen LogP contribution in [0, 0.1) is 5.92 Å². The van der Waals surface area contributed by atoms with Crippen LogP contribution in [0.2, 0.25) is 10.0 Å². The Morgan fingerprint density at radius 3 is 2.25 bits per heavy atom. The zero-order valence-electron chi connectivity index (χ0n) is 16.9. The van der Waals surface area contributed by atoms with Crippen LogP contribution in [-0.2, 0) is 14.4 Å². The molecule has 162 valence electrons. The minimum Gasteiger partial charge on any atom is -0.497 e. The summed E-state index contributed by atoms with van der Waals surface area (Å²) in [6.45, 7) is 0. The van der Waals surface area contributed by atoms with Crippen molar-refractivity contribution in [1.29, 1.82) is 0 Å². The van der Waals surface area contributed by atoms with Gasteiger partial charge in [-0.2, -0.15) is 0 Å². The van der Waals surface area contributed by atoms with Crippen molar-refractivity contribution in [2.24, 2.45) is 5.92 Å². The molecule has 2 heterocycles. The largest absolute Gasteiger partial charge is 0.497 e. The molecule has 0 spiro atoms. The highest BCUT2D eigenvalue weighted by molar-refractivity contribution is 6.35. The molecule has 0 N–H and O–H groups in total. The summed E-state index contributed by atoms with van der Waals surface area (Å²) in [7, 11) is 1.58. The van der Waals surface area contributed by atoms with Crippen molar-refractivity contribution in [2.75, 3.05) is 17.1 Å². The van der Waals surface area contributed by atoms with Gasteiger partial charge in [-0.15, -0.1) is 0 Å².